The van der Waals surface area contributed by atoms with Gasteiger partial charge < -0.3 is 9.64 Å². The number of imidazole rings is 1. The first-order valence-corrected chi connectivity index (χ1v) is 9.63. The van der Waals surface area contributed by atoms with E-state index in [-0.39, 0.29) is 18.3 Å². The van der Waals surface area contributed by atoms with E-state index in [1.54, 1.807) is 60.2 Å². The predicted molar refractivity (Wildman–Crippen MR) is 104 cm³/mol. The van der Waals surface area contributed by atoms with Crippen molar-refractivity contribution in [2.24, 2.45) is 0 Å². The molecule has 1 aromatic heterocycles. The van der Waals surface area contributed by atoms with Crippen LogP contribution >= 0.6 is 11.8 Å². The highest BCUT2D eigenvalue weighted by atomic mass is 32.2. The van der Waals surface area contributed by atoms with Gasteiger partial charge in [-0.3, -0.25) is 9.36 Å². The zero-order valence-corrected chi connectivity index (χ0v) is 15.9. The number of hydrogen-bond donors (Lipinski definition) is 0. The third kappa shape index (κ3) is 4.49. The van der Waals surface area contributed by atoms with Gasteiger partial charge in [0.15, 0.2) is 16.7 Å². The topological polar surface area (TPSA) is 47.4 Å². The van der Waals surface area contributed by atoms with Crippen LogP contribution in [-0.4, -0.2) is 46.8 Å². The molecule has 0 aliphatic carbocycles. The molecule has 0 unspecified atom stereocenters. The van der Waals surface area contributed by atoms with Crippen LogP contribution in [0.2, 0.25) is 0 Å². The van der Waals surface area contributed by atoms with Gasteiger partial charge in [0.05, 0.1) is 6.54 Å². The molecular weight excluding hydrogens is 365 g/mol. The van der Waals surface area contributed by atoms with Crippen molar-refractivity contribution in [3.05, 3.63) is 72.3 Å². The Morgan fingerprint density at radius 1 is 1.22 bits per heavy atom. The summed E-state index contributed by atoms with van der Waals surface area (Å²) in [5.74, 6) is -0.340. The lowest BCUT2D eigenvalue weighted by molar-refractivity contribution is 0.0773. The molecule has 1 heterocycles. The Morgan fingerprint density at radius 3 is 2.67 bits per heavy atom. The number of likely N-dealkylation sites (N-methyl/N-ethyl adjacent to an activating group) is 1. The molecular formula is C20H20FN3O2S. The molecule has 0 aliphatic heterocycles. The van der Waals surface area contributed by atoms with E-state index in [2.05, 4.69) is 4.98 Å². The van der Waals surface area contributed by atoms with E-state index in [1.807, 2.05) is 29.2 Å². The molecule has 0 saturated heterocycles. The molecule has 0 aliphatic rings. The van der Waals surface area contributed by atoms with Crippen LogP contribution in [0.4, 0.5) is 4.39 Å². The molecule has 3 aromatic rings. The first-order chi connectivity index (χ1) is 13.1. The van der Waals surface area contributed by atoms with Gasteiger partial charge in [-0.1, -0.05) is 23.9 Å². The van der Waals surface area contributed by atoms with Crippen LogP contribution in [0.1, 0.15) is 10.4 Å². The van der Waals surface area contributed by atoms with Crippen LogP contribution in [0.3, 0.4) is 0 Å². The summed E-state index contributed by atoms with van der Waals surface area (Å²) in [6, 6.07) is 13.6. The van der Waals surface area contributed by atoms with E-state index in [0.717, 1.165) is 10.8 Å². The highest BCUT2D eigenvalue weighted by Gasteiger charge is 2.13. The van der Waals surface area contributed by atoms with E-state index in [4.69, 9.17) is 4.74 Å². The van der Waals surface area contributed by atoms with Crippen molar-refractivity contribution in [1.29, 1.82) is 0 Å². The number of carbonyl (C=O) groups is 1. The van der Waals surface area contributed by atoms with Crippen molar-refractivity contribution in [3.8, 4) is 11.4 Å². The summed E-state index contributed by atoms with van der Waals surface area (Å²) in [6.07, 6.45) is 5.60. The number of amides is 1. The largest absolute Gasteiger partial charge is 0.489 e. The quantitative estimate of drug-likeness (QED) is 0.579. The fourth-order valence-electron chi connectivity index (χ4n) is 2.58. The fraction of sp³-hybridized carbons (Fsp3) is 0.200. The van der Waals surface area contributed by atoms with Crippen LogP contribution in [0.5, 0.6) is 5.75 Å². The fourth-order valence-corrected chi connectivity index (χ4v) is 3.11. The lowest BCUT2D eigenvalue weighted by atomic mass is 10.2. The number of hydrogen-bond acceptors (Lipinski definition) is 4. The smallest absolute Gasteiger partial charge is 0.253 e. The number of rotatable bonds is 7. The van der Waals surface area contributed by atoms with Crippen LogP contribution in [0.15, 0.2) is 66.1 Å². The van der Waals surface area contributed by atoms with Gasteiger partial charge in [-0.25, -0.2) is 9.37 Å². The number of nitrogens with zero attached hydrogens (tertiary/aromatic N) is 3. The second kappa shape index (κ2) is 8.73. The zero-order chi connectivity index (χ0) is 19.2. The lowest BCUT2D eigenvalue weighted by Crippen LogP contribution is -2.30. The molecule has 27 heavy (non-hydrogen) atoms. The second-order valence-corrected chi connectivity index (χ2v) is 6.61. The van der Waals surface area contributed by atoms with Gasteiger partial charge in [-0.05, 0) is 42.7 Å². The Bertz CT molecular complexity index is 912. The molecule has 2 aromatic carbocycles. The van der Waals surface area contributed by atoms with Gasteiger partial charge in [-0.15, -0.1) is 0 Å². The first-order valence-electron chi connectivity index (χ1n) is 8.40. The Labute approximate surface area is 161 Å². The predicted octanol–water partition coefficient (Wildman–Crippen LogP) is 3.88. The molecule has 0 atom stereocenters. The van der Waals surface area contributed by atoms with E-state index < -0.39 is 5.82 Å². The van der Waals surface area contributed by atoms with E-state index in [1.165, 1.54) is 6.07 Å². The number of ether oxygens (including phenoxy) is 1. The van der Waals surface area contributed by atoms with E-state index in [9.17, 15) is 9.18 Å². The van der Waals surface area contributed by atoms with Crippen molar-refractivity contribution >= 4 is 17.7 Å². The van der Waals surface area contributed by atoms with Gasteiger partial charge >= 0.3 is 0 Å². The number of carbonyl (C=O) groups excluding carboxylic acids is 1. The summed E-state index contributed by atoms with van der Waals surface area (Å²) in [5, 5.41) is 0.886. The number of thioether (sulfide) groups is 1. The summed E-state index contributed by atoms with van der Waals surface area (Å²) in [5.41, 5.74) is 1.52. The summed E-state index contributed by atoms with van der Waals surface area (Å²) < 4.78 is 20.9. The SMILES string of the molecule is CSc1nccn1-c1ccc(C(=O)N(C)CCOc2ccccc2F)cc1. The van der Waals surface area contributed by atoms with Gasteiger partial charge in [0.1, 0.15) is 6.61 Å². The molecule has 0 N–H and O–H groups in total. The van der Waals surface area contributed by atoms with Gasteiger partial charge in [0, 0.05) is 30.7 Å². The zero-order valence-electron chi connectivity index (χ0n) is 15.1. The Hall–Kier alpha value is -2.80. The van der Waals surface area contributed by atoms with Crippen LogP contribution in [0, 0.1) is 5.82 Å². The Kier molecular flexibility index (Phi) is 6.13. The average Bonchev–Trinajstić information content (AvgIpc) is 3.17. The highest BCUT2D eigenvalue weighted by Crippen LogP contribution is 2.19. The van der Waals surface area contributed by atoms with E-state index >= 15 is 0 Å². The third-order valence-corrected chi connectivity index (χ3v) is 4.72. The molecule has 1 amide bonds. The second-order valence-electron chi connectivity index (χ2n) is 5.84. The molecule has 0 spiro atoms. The lowest BCUT2D eigenvalue weighted by Gasteiger charge is -2.18. The average molecular weight is 385 g/mol. The van der Waals surface area contributed by atoms with Crippen molar-refractivity contribution in [1.82, 2.24) is 14.5 Å². The molecule has 0 radical (unpaired) electrons. The maximum absolute atomic E-state index is 13.5. The normalized spacial score (nSPS) is 10.6. The van der Waals surface area contributed by atoms with Crippen LogP contribution < -0.4 is 4.74 Å². The van der Waals surface area contributed by atoms with Crippen LogP contribution in [-0.2, 0) is 0 Å². The minimum Gasteiger partial charge on any atom is -0.489 e. The number of benzene rings is 2. The summed E-state index contributed by atoms with van der Waals surface area (Å²) >= 11 is 1.56. The van der Waals surface area contributed by atoms with Gasteiger partial charge in [0.25, 0.3) is 5.91 Å². The Morgan fingerprint density at radius 2 is 1.96 bits per heavy atom. The molecule has 3 rings (SSSR count). The molecule has 0 fully saturated rings. The highest BCUT2D eigenvalue weighted by molar-refractivity contribution is 7.98. The number of aromatic nitrogens is 2. The molecule has 5 nitrogen and oxygen atoms in total. The summed E-state index contributed by atoms with van der Waals surface area (Å²) in [6.45, 7) is 0.570. The van der Waals surface area contributed by atoms with Crippen LogP contribution in [0.25, 0.3) is 5.69 Å². The van der Waals surface area contributed by atoms with Crippen molar-refractivity contribution < 1.29 is 13.9 Å². The summed E-state index contributed by atoms with van der Waals surface area (Å²) in [4.78, 5) is 18.4. The van der Waals surface area contributed by atoms with Gasteiger partial charge in [0.2, 0.25) is 0 Å². The number of halogens is 1. The van der Waals surface area contributed by atoms with Crippen molar-refractivity contribution in [2.45, 2.75) is 5.16 Å². The monoisotopic (exact) mass is 385 g/mol. The molecule has 140 valence electrons. The van der Waals surface area contributed by atoms with Crippen molar-refractivity contribution in [2.75, 3.05) is 26.5 Å². The van der Waals surface area contributed by atoms with Gasteiger partial charge in [-0.2, -0.15) is 0 Å². The minimum atomic E-state index is -0.411. The maximum Gasteiger partial charge on any atom is 0.253 e. The first kappa shape index (κ1) is 19.0. The summed E-state index contributed by atoms with van der Waals surface area (Å²) in [7, 11) is 1.70. The standard InChI is InChI=1S/C20H20FN3O2S/c1-23(13-14-26-18-6-4-3-5-17(18)21)19(25)15-7-9-16(10-8-15)24-12-11-22-20(24)27-2/h3-12H,13-14H2,1-2H3. The third-order valence-electron chi connectivity index (χ3n) is 4.05. The molecule has 0 saturated carbocycles. The van der Waals surface area contributed by atoms with E-state index in [0.29, 0.717) is 12.1 Å². The Balaban J connectivity index is 1.59. The maximum atomic E-state index is 13.5. The van der Waals surface area contributed by atoms with Crippen molar-refractivity contribution in [3.63, 3.8) is 0 Å². The molecule has 7 heteroatoms. The molecule has 0 bridgehead atoms. The minimum absolute atomic E-state index is 0.116. The number of para-hydroxylation sites is 1.